The maximum Gasteiger partial charge on any atom is 0.251 e. The third-order valence-electron chi connectivity index (χ3n) is 4.99. The second-order valence-corrected chi connectivity index (χ2v) is 6.99. The van der Waals surface area contributed by atoms with Gasteiger partial charge in [0.25, 0.3) is 5.91 Å². The number of hydrogen-bond donors (Lipinski definition) is 2. The lowest BCUT2D eigenvalue weighted by atomic mass is 10.1. The van der Waals surface area contributed by atoms with Crippen molar-refractivity contribution < 1.29 is 14.3 Å². The topological polar surface area (TPSA) is 76.2 Å². The first-order chi connectivity index (χ1) is 15.2. The molecule has 0 saturated heterocycles. The number of imidazole rings is 1. The van der Waals surface area contributed by atoms with E-state index in [1.807, 2.05) is 60.8 Å². The van der Waals surface area contributed by atoms with E-state index < -0.39 is 0 Å². The second-order valence-electron chi connectivity index (χ2n) is 6.99. The average Bonchev–Trinajstić information content (AvgIpc) is 3.33. The van der Waals surface area contributed by atoms with Gasteiger partial charge in [-0.05, 0) is 53.6 Å². The van der Waals surface area contributed by atoms with E-state index in [-0.39, 0.29) is 5.91 Å². The first-order valence-electron chi connectivity index (χ1n) is 9.87. The number of hydrogen-bond acceptors (Lipinski definition) is 4. The minimum Gasteiger partial charge on any atom is -0.497 e. The fourth-order valence-corrected chi connectivity index (χ4v) is 3.21. The summed E-state index contributed by atoms with van der Waals surface area (Å²) in [5, 5.41) is 2.93. The highest BCUT2D eigenvalue weighted by Gasteiger charge is 2.08. The maximum absolute atomic E-state index is 12.4. The van der Waals surface area contributed by atoms with Crippen molar-refractivity contribution in [1.82, 2.24) is 15.3 Å². The SMILES string of the molecule is COc1ccc(-c2cnc(-c3ccc(CNC(=O)c4cccc(OC)c4)cc3)[nH]2)cc1. The van der Waals surface area contributed by atoms with Gasteiger partial charge in [-0.3, -0.25) is 4.79 Å². The minimum absolute atomic E-state index is 0.141. The van der Waals surface area contributed by atoms with E-state index >= 15 is 0 Å². The van der Waals surface area contributed by atoms with Crippen molar-refractivity contribution in [2.45, 2.75) is 6.54 Å². The highest BCUT2D eigenvalue weighted by Crippen LogP contribution is 2.24. The summed E-state index contributed by atoms with van der Waals surface area (Å²) in [7, 11) is 3.23. The molecule has 4 aromatic rings. The largest absolute Gasteiger partial charge is 0.497 e. The van der Waals surface area contributed by atoms with Crippen LogP contribution < -0.4 is 14.8 Å². The van der Waals surface area contributed by atoms with Crippen molar-refractivity contribution in [3.8, 4) is 34.1 Å². The number of rotatable bonds is 7. The molecule has 1 heterocycles. The lowest BCUT2D eigenvalue weighted by molar-refractivity contribution is 0.0950. The molecule has 0 aliphatic carbocycles. The van der Waals surface area contributed by atoms with Gasteiger partial charge in [-0.2, -0.15) is 0 Å². The van der Waals surface area contributed by atoms with Gasteiger partial charge in [0.2, 0.25) is 0 Å². The normalized spacial score (nSPS) is 10.5. The molecule has 4 rings (SSSR count). The van der Waals surface area contributed by atoms with Gasteiger partial charge in [0, 0.05) is 17.7 Å². The Morgan fingerprint density at radius 2 is 1.61 bits per heavy atom. The zero-order valence-corrected chi connectivity index (χ0v) is 17.4. The number of nitrogens with one attached hydrogen (secondary N) is 2. The number of benzene rings is 3. The molecule has 0 saturated carbocycles. The average molecular weight is 413 g/mol. The Balaban J connectivity index is 1.40. The maximum atomic E-state index is 12.4. The van der Waals surface area contributed by atoms with Gasteiger partial charge in [-0.15, -0.1) is 0 Å². The van der Waals surface area contributed by atoms with Crippen LogP contribution in [-0.2, 0) is 6.54 Å². The molecule has 0 spiro atoms. The molecule has 0 fully saturated rings. The van der Waals surface area contributed by atoms with E-state index in [4.69, 9.17) is 9.47 Å². The molecular weight excluding hydrogens is 390 g/mol. The van der Waals surface area contributed by atoms with Gasteiger partial charge >= 0.3 is 0 Å². The van der Waals surface area contributed by atoms with Crippen LogP contribution in [0.1, 0.15) is 15.9 Å². The van der Waals surface area contributed by atoms with Crippen LogP contribution in [-0.4, -0.2) is 30.1 Å². The molecular formula is C25H23N3O3. The molecule has 6 nitrogen and oxygen atoms in total. The zero-order valence-electron chi connectivity index (χ0n) is 17.4. The van der Waals surface area contributed by atoms with E-state index in [1.54, 1.807) is 32.4 Å². The molecule has 3 aromatic carbocycles. The van der Waals surface area contributed by atoms with Crippen molar-refractivity contribution in [3.05, 3.63) is 90.1 Å². The molecule has 1 amide bonds. The molecule has 0 radical (unpaired) electrons. The summed E-state index contributed by atoms with van der Waals surface area (Å²) < 4.78 is 10.4. The van der Waals surface area contributed by atoms with Gasteiger partial charge in [0.05, 0.1) is 26.1 Å². The van der Waals surface area contributed by atoms with Crippen molar-refractivity contribution >= 4 is 5.91 Å². The number of ether oxygens (including phenoxy) is 2. The lowest BCUT2D eigenvalue weighted by Gasteiger charge is -2.07. The quantitative estimate of drug-likeness (QED) is 0.461. The summed E-state index contributed by atoms with van der Waals surface area (Å²) in [6.07, 6.45) is 1.82. The number of carbonyl (C=O) groups excluding carboxylic acids is 1. The molecule has 2 N–H and O–H groups in total. The Hall–Kier alpha value is -4.06. The molecule has 0 bridgehead atoms. The first kappa shape index (κ1) is 20.2. The highest BCUT2D eigenvalue weighted by atomic mass is 16.5. The minimum atomic E-state index is -0.141. The molecule has 6 heteroatoms. The molecule has 31 heavy (non-hydrogen) atoms. The number of aromatic nitrogens is 2. The third kappa shape index (κ3) is 4.75. The smallest absolute Gasteiger partial charge is 0.251 e. The van der Waals surface area contributed by atoms with E-state index in [9.17, 15) is 4.79 Å². The number of methoxy groups -OCH3 is 2. The summed E-state index contributed by atoms with van der Waals surface area (Å²) in [4.78, 5) is 20.2. The summed E-state index contributed by atoms with van der Waals surface area (Å²) in [5.41, 5.74) is 4.52. The standard InChI is InChI=1S/C25H23N3O3/c1-30-21-12-10-18(11-13-21)23-16-26-24(28-23)19-8-6-17(7-9-19)15-27-25(29)20-4-3-5-22(14-20)31-2/h3-14,16H,15H2,1-2H3,(H,26,28)(H,27,29). The number of carbonyl (C=O) groups is 1. The van der Waals surface area contributed by atoms with Gasteiger partial charge < -0.3 is 19.8 Å². The second kappa shape index (κ2) is 9.17. The van der Waals surface area contributed by atoms with Crippen LogP contribution in [0.5, 0.6) is 11.5 Å². The van der Waals surface area contributed by atoms with Gasteiger partial charge in [-0.25, -0.2) is 4.98 Å². The predicted octanol–water partition coefficient (Wildman–Crippen LogP) is 4.69. The lowest BCUT2D eigenvalue weighted by Crippen LogP contribution is -2.22. The third-order valence-corrected chi connectivity index (χ3v) is 4.99. The monoisotopic (exact) mass is 413 g/mol. The van der Waals surface area contributed by atoms with Crippen molar-refractivity contribution in [2.24, 2.45) is 0 Å². The van der Waals surface area contributed by atoms with Crippen molar-refractivity contribution in [1.29, 1.82) is 0 Å². The number of H-pyrrole nitrogens is 1. The Kier molecular flexibility index (Phi) is 5.98. The molecule has 156 valence electrons. The van der Waals surface area contributed by atoms with E-state index in [1.165, 1.54) is 0 Å². The Morgan fingerprint density at radius 1 is 0.903 bits per heavy atom. The Morgan fingerprint density at radius 3 is 2.32 bits per heavy atom. The van der Waals surface area contributed by atoms with Crippen LogP contribution >= 0.6 is 0 Å². The summed E-state index contributed by atoms with van der Waals surface area (Å²) >= 11 is 0. The summed E-state index contributed by atoms with van der Waals surface area (Å²) in [6.45, 7) is 0.436. The van der Waals surface area contributed by atoms with E-state index in [0.29, 0.717) is 17.9 Å². The number of aromatic amines is 1. The van der Waals surface area contributed by atoms with Crippen LogP contribution in [0.15, 0.2) is 79.0 Å². The Bertz CT molecular complexity index is 1170. The first-order valence-corrected chi connectivity index (χ1v) is 9.87. The number of nitrogens with zero attached hydrogens (tertiary/aromatic N) is 1. The zero-order chi connectivity index (χ0) is 21.6. The van der Waals surface area contributed by atoms with E-state index in [0.717, 1.165) is 34.0 Å². The number of amides is 1. The Labute approximate surface area is 180 Å². The molecule has 0 aliphatic heterocycles. The van der Waals surface area contributed by atoms with Crippen LogP contribution in [0.2, 0.25) is 0 Å². The predicted molar refractivity (Wildman–Crippen MR) is 120 cm³/mol. The van der Waals surface area contributed by atoms with Crippen LogP contribution in [0, 0.1) is 0 Å². The van der Waals surface area contributed by atoms with Gasteiger partial charge in [-0.1, -0.05) is 30.3 Å². The van der Waals surface area contributed by atoms with Crippen LogP contribution in [0.3, 0.4) is 0 Å². The molecule has 0 atom stereocenters. The van der Waals surface area contributed by atoms with Crippen LogP contribution in [0.4, 0.5) is 0 Å². The summed E-state index contributed by atoms with van der Waals surface area (Å²) in [5.74, 6) is 2.12. The van der Waals surface area contributed by atoms with Gasteiger partial charge in [0.1, 0.15) is 17.3 Å². The molecule has 0 aliphatic rings. The van der Waals surface area contributed by atoms with Crippen molar-refractivity contribution in [3.63, 3.8) is 0 Å². The van der Waals surface area contributed by atoms with Crippen molar-refractivity contribution in [2.75, 3.05) is 14.2 Å². The summed E-state index contributed by atoms with van der Waals surface area (Å²) in [6, 6.07) is 22.9. The molecule has 1 aromatic heterocycles. The van der Waals surface area contributed by atoms with Gasteiger partial charge in [0.15, 0.2) is 0 Å². The fraction of sp³-hybridized carbons (Fsp3) is 0.120. The highest BCUT2D eigenvalue weighted by molar-refractivity contribution is 5.94. The fourth-order valence-electron chi connectivity index (χ4n) is 3.21. The van der Waals surface area contributed by atoms with E-state index in [2.05, 4.69) is 15.3 Å². The molecule has 0 unspecified atom stereocenters. The van der Waals surface area contributed by atoms with Crippen LogP contribution in [0.25, 0.3) is 22.6 Å².